The SMILES string of the molecule is CC(=O)N1CC(c2ccc(C(C(=O)Cc3ccnc(C)c3)c3ccccc3C)cc2)C1. The van der Waals surface area contributed by atoms with Gasteiger partial charge in [0, 0.05) is 44.2 Å². The van der Waals surface area contributed by atoms with Gasteiger partial charge in [-0.05, 0) is 53.8 Å². The molecule has 4 nitrogen and oxygen atoms in total. The van der Waals surface area contributed by atoms with Gasteiger partial charge in [-0.25, -0.2) is 0 Å². The van der Waals surface area contributed by atoms with Gasteiger partial charge < -0.3 is 4.90 Å². The first-order valence-electron chi connectivity index (χ1n) is 10.8. The zero-order chi connectivity index (χ0) is 22.0. The van der Waals surface area contributed by atoms with Crippen LogP contribution in [0.5, 0.6) is 0 Å². The van der Waals surface area contributed by atoms with E-state index in [1.165, 1.54) is 5.56 Å². The molecule has 1 saturated heterocycles. The van der Waals surface area contributed by atoms with Crippen LogP contribution in [0, 0.1) is 13.8 Å². The fourth-order valence-electron chi connectivity index (χ4n) is 4.37. The van der Waals surface area contributed by atoms with Crippen molar-refractivity contribution in [2.45, 2.75) is 39.0 Å². The van der Waals surface area contributed by atoms with E-state index in [9.17, 15) is 9.59 Å². The van der Waals surface area contributed by atoms with Crippen LogP contribution in [0.4, 0.5) is 0 Å². The van der Waals surface area contributed by atoms with E-state index in [-0.39, 0.29) is 17.6 Å². The average molecular weight is 413 g/mol. The lowest BCUT2D eigenvalue weighted by atomic mass is 9.82. The lowest BCUT2D eigenvalue weighted by Gasteiger charge is -2.39. The number of likely N-dealkylation sites (tertiary alicyclic amines) is 1. The number of ketones is 1. The number of nitrogens with zero attached hydrogens (tertiary/aromatic N) is 2. The van der Waals surface area contributed by atoms with Crippen molar-refractivity contribution in [1.82, 2.24) is 9.88 Å². The first-order chi connectivity index (χ1) is 14.9. The van der Waals surface area contributed by atoms with Crippen LogP contribution in [0.15, 0.2) is 66.9 Å². The number of aromatic nitrogens is 1. The molecule has 3 aromatic rings. The summed E-state index contributed by atoms with van der Waals surface area (Å²) in [6.07, 6.45) is 2.14. The Morgan fingerprint density at radius 1 is 1.03 bits per heavy atom. The molecular formula is C27H28N2O2. The predicted molar refractivity (Wildman–Crippen MR) is 122 cm³/mol. The minimum Gasteiger partial charge on any atom is -0.342 e. The van der Waals surface area contributed by atoms with Crippen molar-refractivity contribution in [2.24, 2.45) is 0 Å². The minimum atomic E-state index is -0.307. The number of pyridine rings is 1. The topological polar surface area (TPSA) is 50.3 Å². The number of rotatable bonds is 6. The highest BCUT2D eigenvalue weighted by Gasteiger charge is 2.30. The molecule has 1 amide bonds. The summed E-state index contributed by atoms with van der Waals surface area (Å²) >= 11 is 0. The molecule has 1 aliphatic rings. The van der Waals surface area contributed by atoms with Gasteiger partial charge in [0.2, 0.25) is 5.91 Å². The predicted octanol–water partition coefficient (Wildman–Crippen LogP) is 4.59. The summed E-state index contributed by atoms with van der Waals surface area (Å²) in [5.74, 6) is 0.382. The number of Topliss-reactive ketones (excluding diaryl/α,β-unsaturated/α-hetero) is 1. The molecule has 0 N–H and O–H groups in total. The molecule has 0 radical (unpaired) electrons. The Morgan fingerprint density at radius 3 is 2.39 bits per heavy atom. The van der Waals surface area contributed by atoms with Gasteiger partial charge >= 0.3 is 0 Å². The van der Waals surface area contributed by atoms with Crippen molar-refractivity contribution >= 4 is 11.7 Å². The van der Waals surface area contributed by atoms with Crippen LogP contribution < -0.4 is 0 Å². The van der Waals surface area contributed by atoms with Crippen molar-refractivity contribution in [3.63, 3.8) is 0 Å². The number of amides is 1. The van der Waals surface area contributed by atoms with Gasteiger partial charge in [0.15, 0.2) is 0 Å². The summed E-state index contributed by atoms with van der Waals surface area (Å²) in [5, 5.41) is 0. The maximum atomic E-state index is 13.5. The second-order valence-electron chi connectivity index (χ2n) is 8.53. The summed E-state index contributed by atoms with van der Waals surface area (Å²) in [6.45, 7) is 7.17. The minimum absolute atomic E-state index is 0.129. The molecule has 4 rings (SSSR count). The highest BCUT2D eigenvalue weighted by atomic mass is 16.2. The van der Waals surface area contributed by atoms with E-state index < -0.39 is 0 Å². The van der Waals surface area contributed by atoms with Crippen LogP contribution in [0.2, 0.25) is 0 Å². The Balaban J connectivity index is 1.61. The Morgan fingerprint density at radius 2 is 1.74 bits per heavy atom. The molecule has 1 unspecified atom stereocenters. The molecule has 1 aliphatic heterocycles. The van der Waals surface area contributed by atoms with Gasteiger partial charge in [-0.1, -0.05) is 48.5 Å². The first-order valence-corrected chi connectivity index (χ1v) is 10.8. The van der Waals surface area contributed by atoms with Crippen LogP contribution >= 0.6 is 0 Å². The zero-order valence-electron chi connectivity index (χ0n) is 18.3. The highest BCUT2D eigenvalue weighted by Crippen LogP contribution is 2.32. The highest BCUT2D eigenvalue weighted by molar-refractivity contribution is 5.91. The summed E-state index contributed by atoms with van der Waals surface area (Å²) < 4.78 is 0. The number of carbonyl (C=O) groups excluding carboxylic acids is 2. The van der Waals surface area contributed by atoms with Gasteiger partial charge in [-0.15, -0.1) is 0 Å². The van der Waals surface area contributed by atoms with Crippen molar-refractivity contribution in [1.29, 1.82) is 0 Å². The lowest BCUT2D eigenvalue weighted by Crippen LogP contribution is -2.47. The number of benzene rings is 2. The first kappa shape index (κ1) is 21.0. The van der Waals surface area contributed by atoms with Gasteiger partial charge in [0.25, 0.3) is 0 Å². The van der Waals surface area contributed by atoms with E-state index in [2.05, 4.69) is 48.3 Å². The van der Waals surface area contributed by atoms with E-state index in [4.69, 9.17) is 0 Å². The Hall–Kier alpha value is -3.27. The monoisotopic (exact) mass is 412 g/mol. The van der Waals surface area contributed by atoms with E-state index in [1.807, 2.05) is 36.1 Å². The van der Waals surface area contributed by atoms with Crippen LogP contribution in [-0.4, -0.2) is 34.7 Å². The number of carbonyl (C=O) groups is 2. The summed E-state index contributed by atoms with van der Waals surface area (Å²) in [4.78, 5) is 31.1. The average Bonchev–Trinajstić information content (AvgIpc) is 2.69. The molecule has 0 bridgehead atoms. The van der Waals surface area contributed by atoms with Crippen LogP contribution in [0.1, 0.15) is 52.3 Å². The zero-order valence-corrected chi connectivity index (χ0v) is 18.3. The molecule has 4 heteroatoms. The summed E-state index contributed by atoms with van der Waals surface area (Å²) in [5.41, 5.74) is 6.32. The molecule has 0 aliphatic carbocycles. The Labute approximate surface area is 183 Å². The molecule has 1 atom stereocenters. The third-order valence-corrected chi connectivity index (χ3v) is 6.23. The van der Waals surface area contributed by atoms with Crippen molar-refractivity contribution < 1.29 is 9.59 Å². The van der Waals surface area contributed by atoms with Crippen molar-refractivity contribution in [3.8, 4) is 0 Å². The van der Waals surface area contributed by atoms with Gasteiger partial charge in [0.1, 0.15) is 5.78 Å². The second-order valence-corrected chi connectivity index (χ2v) is 8.53. The molecule has 0 spiro atoms. The quantitative estimate of drug-likeness (QED) is 0.595. The standard InChI is InChI=1S/C27H28N2O2/c1-18-6-4-5-7-25(18)27(26(31)15-21-12-13-28-19(2)14-21)23-10-8-22(9-11-23)24-16-29(17-24)20(3)30/h4-14,24,27H,15-17H2,1-3H3. The third kappa shape index (κ3) is 4.58. The molecule has 158 valence electrons. The normalized spacial score (nSPS) is 14.7. The smallest absolute Gasteiger partial charge is 0.219 e. The molecular weight excluding hydrogens is 384 g/mol. The Bertz CT molecular complexity index is 1100. The van der Waals surface area contributed by atoms with Crippen LogP contribution in [-0.2, 0) is 16.0 Å². The molecule has 2 aromatic carbocycles. The second kappa shape index (κ2) is 8.84. The molecule has 0 saturated carbocycles. The van der Waals surface area contributed by atoms with E-state index in [0.717, 1.165) is 41.0 Å². The number of hydrogen-bond acceptors (Lipinski definition) is 3. The molecule has 1 fully saturated rings. The lowest BCUT2D eigenvalue weighted by molar-refractivity contribution is -0.133. The maximum absolute atomic E-state index is 13.5. The Kier molecular flexibility index (Phi) is 5.99. The van der Waals surface area contributed by atoms with Gasteiger partial charge in [-0.3, -0.25) is 14.6 Å². The van der Waals surface area contributed by atoms with Crippen LogP contribution in [0.3, 0.4) is 0 Å². The molecule has 31 heavy (non-hydrogen) atoms. The van der Waals surface area contributed by atoms with Crippen molar-refractivity contribution in [2.75, 3.05) is 13.1 Å². The van der Waals surface area contributed by atoms with E-state index >= 15 is 0 Å². The van der Waals surface area contributed by atoms with Crippen LogP contribution in [0.25, 0.3) is 0 Å². The third-order valence-electron chi connectivity index (χ3n) is 6.23. The van der Waals surface area contributed by atoms with E-state index in [1.54, 1.807) is 13.1 Å². The molecule has 1 aromatic heterocycles. The largest absolute Gasteiger partial charge is 0.342 e. The maximum Gasteiger partial charge on any atom is 0.219 e. The van der Waals surface area contributed by atoms with Gasteiger partial charge in [0.05, 0.1) is 5.92 Å². The number of hydrogen-bond donors (Lipinski definition) is 0. The number of aryl methyl sites for hydroxylation is 2. The summed E-state index contributed by atoms with van der Waals surface area (Å²) in [6, 6.07) is 20.4. The van der Waals surface area contributed by atoms with Crippen molar-refractivity contribution in [3.05, 3.63) is 100 Å². The van der Waals surface area contributed by atoms with E-state index in [0.29, 0.717) is 12.3 Å². The van der Waals surface area contributed by atoms with Gasteiger partial charge in [-0.2, -0.15) is 0 Å². The fraction of sp³-hybridized carbons (Fsp3) is 0.296. The fourth-order valence-corrected chi connectivity index (χ4v) is 4.37. The summed E-state index contributed by atoms with van der Waals surface area (Å²) in [7, 11) is 0. The molecule has 2 heterocycles.